The maximum atomic E-state index is 12.5. The van der Waals surface area contributed by atoms with Crippen molar-refractivity contribution < 1.29 is 19.1 Å². The highest BCUT2D eigenvalue weighted by molar-refractivity contribution is 6.01. The summed E-state index contributed by atoms with van der Waals surface area (Å²) in [7, 11) is 1.65. The van der Waals surface area contributed by atoms with Gasteiger partial charge in [0.1, 0.15) is 0 Å². The maximum absolute atomic E-state index is 12.5. The van der Waals surface area contributed by atoms with Gasteiger partial charge in [-0.3, -0.25) is 4.79 Å². The van der Waals surface area contributed by atoms with E-state index >= 15 is 0 Å². The fraction of sp³-hybridized carbons (Fsp3) is 0.273. The van der Waals surface area contributed by atoms with Crippen LogP contribution in [0.15, 0.2) is 48.5 Å². The molecule has 0 unspecified atom stereocenters. The first-order valence-electron chi connectivity index (χ1n) is 8.86. The lowest BCUT2D eigenvalue weighted by molar-refractivity contribution is 0.0474. The third-order valence-corrected chi connectivity index (χ3v) is 4.71. The molecule has 27 heavy (non-hydrogen) atoms. The second-order valence-electron chi connectivity index (χ2n) is 6.49. The molecule has 0 atom stereocenters. The fourth-order valence-electron chi connectivity index (χ4n) is 3.22. The van der Waals surface area contributed by atoms with Crippen LogP contribution in [0, 0.1) is 13.8 Å². The van der Waals surface area contributed by atoms with Crippen LogP contribution in [-0.2, 0) is 16.0 Å². The summed E-state index contributed by atoms with van der Waals surface area (Å²) in [5, 5.41) is 2.01. The van der Waals surface area contributed by atoms with Crippen LogP contribution in [0.1, 0.15) is 32.1 Å². The number of Topliss-reactive ketones (excluding diaryl/α,β-unsaturated/α-hetero) is 1. The first-order chi connectivity index (χ1) is 13.0. The second kappa shape index (κ2) is 8.18. The van der Waals surface area contributed by atoms with Crippen molar-refractivity contribution in [2.45, 2.75) is 20.4 Å². The third kappa shape index (κ3) is 4.09. The largest absolute Gasteiger partial charge is 0.454 e. The van der Waals surface area contributed by atoms with E-state index in [2.05, 4.69) is 0 Å². The minimum Gasteiger partial charge on any atom is -0.454 e. The Bertz CT molecular complexity index is 987. The zero-order valence-electron chi connectivity index (χ0n) is 15.8. The molecule has 0 saturated carbocycles. The molecule has 0 fully saturated rings. The predicted octanol–water partition coefficient (Wildman–Crippen LogP) is 3.94. The van der Waals surface area contributed by atoms with E-state index in [0.29, 0.717) is 24.3 Å². The average molecular weight is 365 g/mol. The molecule has 5 heteroatoms. The summed E-state index contributed by atoms with van der Waals surface area (Å²) >= 11 is 0. The number of nitrogens with zero attached hydrogens (tertiary/aromatic N) is 1. The average Bonchev–Trinajstić information content (AvgIpc) is 2.97. The molecule has 1 aromatic heterocycles. The van der Waals surface area contributed by atoms with Gasteiger partial charge in [0, 0.05) is 30.6 Å². The molecule has 0 aliphatic rings. The van der Waals surface area contributed by atoms with E-state index in [-0.39, 0.29) is 12.4 Å². The van der Waals surface area contributed by atoms with Crippen LogP contribution in [0.2, 0.25) is 0 Å². The van der Waals surface area contributed by atoms with Gasteiger partial charge in [-0.25, -0.2) is 4.79 Å². The summed E-state index contributed by atoms with van der Waals surface area (Å²) in [6.45, 7) is 4.81. The van der Waals surface area contributed by atoms with Gasteiger partial charge >= 0.3 is 5.97 Å². The zero-order valence-corrected chi connectivity index (χ0v) is 15.8. The van der Waals surface area contributed by atoms with Crippen molar-refractivity contribution in [2.24, 2.45) is 0 Å². The summed E-state index contributed by atoms with van der Waals surface area (Å²) in [6.07, 6.45) is 0. The lowest BCUT2D eigenvalue weighted by Crippen LogP contribution is -2.15. The molecule has 2 aromatic carbocycles. The molecule has 0 N–H and O–H groups in total. The maximum Gasteiger partial charge on any atom is 0.338 e. The van der Waals surface area contributed by atoms with Crippen LogP contribution in [0.4, 0.5) is 0 Å². The molecular weight excluding hydrogens is 342 g/mol. The van der Waals surface area contributed by atoms with Gasteiger partial charge in [0.15, 0.2) is 6.61 Å². The lowest BCUT2D eigenvalue weighted by atomic mass is 10.1. The number of aryl methyl sites for hydroxylation is 1. The Hall–Kier alpha value is -2.92. The van der Waals surface area contributed by atoms with Crippen molar-refractivity contribution in [1.29, 1.82) is 0 Å². The van der Waals surface area contributed by atoms with Crippen LogP contribution in [-0.4, -0.2) is 36.6 Å². The van der Waals surface area contributed by atoms with E-state index in [1.807, 2.05) is 54.8 Å². The van der Waals surface area contributed by atoms with Crippen molar-refractivity contribution in [3.63, 3.8) is 0 Å². The van der Waals surface area contributed by atoms with Crippen LogP contribution in [0.5, 0.6) is 0 Å². The Labute approximate surface area is 158 Å². The number of carbonyl (C=O) groups excluding carboxylic acids is 2. The predicted molar refractivity (Wildman–Crippen MR) is 104 cm³/mol. The molecule has 0 bridgehead atoms. The molecule has 140 valence electrons. The van der Waals surface area contributed by atoms with Crippen LogP contribution < -0.4 is 0 Å². The number of ether oxygens (including phenoxy) is 2. The smallest absolute Gasteiger partial charge is 0.338 e. The Balaban J connectivity index is 1.68. The van der Waals surface area contributed by atoms with Gasteiger partial charge in [-0.05, 0) is 42.8 Å². The van der Waals surface area contributed by atoms with Gasteiger partial charge in [0.2, 0.25) is 5.78 Å². The molecule has 0 spiro atoms. The Morgan fingerprint density at radius 2 is 1.74 bits per heavy atom. The number of hydrogen-bond acceptors (Lipinski definition) is 4. The molecule has 0 aliphatic carbocycles. The number of benzene rings is 2. The Morgan fingerprint density at radius 1 is 1.00 bits per heavy atom. The van der Waals surface area contributed by atoms with Crippen LogP contribution >= 0.6 is 0 Å². The lowest BCUT2D eigenvalue weighted by Gasteiger charge is -2.09. The summed E-state index contributed by atoms with van der Waals surface area (Å²) in [6, 6.07) is 15.0. The van der Waals surface area contributed by atoms with E-state index in [0.717, 1.165) is 22.2 Å². The minimum absolute atomic E-state index is 0.207. The first-order valence-corrected chi connectivity index (χ1v) is 8.86. The summed E-state index contributed by atoms with van der Waals surface area (Å²) in [5.41, 5.74) is 2.85. The van der Waals surface area contributed by atoms with Gasteiger partial charge in [-0.1, -0.05) is 30.3 Å². The number of methoxy groups -OCH3 is 1. The van der Waals surface area contributed by atoms with E-state index in [1.165, 1.54) is 0 Å². The van der Waals surface area contributed by atoms with Gasteiger partial charge in [-0.15, -0.1) is 0 Å². The summed E-state index contributed by atoms with van der Waals surface area (Å²) in [4.78, 5) is 24.9. The number of esters is 1. The molecule has 3 aromatic rings. The number of fused-ring (bicyclic) bond motifs is 1. The monoisotopic (exact) mass is 365 g/mol. The highest BCUT2D eigenvalue weighted by atomic mass is 16.5. The molecular formula is C22H23NO4. The highest BCUT2D eigenvalue weighted by Gasteiger charge is 2.18. The summed E-state index contributed by atoms with van der Waals surface area (Å²) in [5.74, 6) is -0.705. The van der Waals surface area contributed by atoms with E-state index < -0.39 is 5.97 Å². The standard InChI is InChI=1S/C22H23NO4/c1-15-12-20(16(2)23(15)10-11-26-3)21(24)14-27-22(25)19-9-8-17-6-4-5-7-18(17)13-19/h4-9,12-13H,10-11,14H2,1-3H3. The normalized spacial score (nSPS) is 10.9. The molecule has 0 aliphatic heterocycles. The van der Waals surface area contributed by atoms with E-state index in [4.69, 9.17) is 9.47 Å². The number of hydrogen-bond donors (Lipinski definition) is 0. The van der Waals surface area contributed by atoms with Gasteiger partial charge in [0.25, 0.3) is 0 Å². The number of carbonyl (C=O) groups is 2. The van der Waals surface area contributed by atoms with Crippen LogP contribution in [0.25, 0.3) is 10.8 Å². The van der Waals surface area contributed by atoms with Gasteiger partial charge < -0.3 is 14.0 Å². The molecule has 0 amide bonds. The molecule has 5 nitrogen and oxygen atoms in total. The molecule has 3 rings (SSSR count). The van der Waals surface area contributed by atoms with Crippen molar-refractivity contribution in [1.82, 2.24) is 4.57 Å². The van der Waals surface area contributed by atoms with Crippen molar-refractivity contribution in [3.8, 4) is 0 Å². The van der Waals surface area contributed by atoms with Crippen LogP contribution in [0.3, 0.4) is 0 Å². The first kappa shape index (κ1) is 18.9. The third-order valence-electron chi connectivity index (χ3n) is 4.71. The highest BCUT2D eigenvalue weighted by Crippen LogP contribution is 2.18. The number of rotatable bonds is 7. The van der Waals surface area contributed by atoms with Gasteiger partial charge in [0.05, 0.1) is 12.2 Å². The fourth-order valence-corrected chi connectivity index (χ4v) is 3.22. The summed E-state index contributed by atoms with van der Waals surface area (Å²) < 4.78 is 12.4. The molecule has 0 radical (unpaired) electrons. The van der Waals surface area contributed by atoms with Gasteiger partial charge in [-0.2, -0.15) is 0 Å². The van der Waals surface area contributed by atoms with Crippen molar-refractivity contribution in [2.75, 3.05) is 20.3 Å². The van der Waals surface area contributed by atoms with E-state index in [9.17, 15) is 9.59 Å². The molecule has 1 heterocycles. The number of ketones is 1. The molecule has 0 saturated heterocycles. The quantitative estimate of drug-likeness (QED) is 0.470. The number of aromatic nitrogens is 1. The Kier molecular flexibility index (Phi) is 5.72. The van der Waals surface area contributed by atoms with Crippen molar-refractivity contribution >= 4 is 22.5 Å². The zero-order chi connectivity index (χ0) is 19.4. The Morgan fingerprint density at radius 3 is 2.48 bits per heavy atom. The SMILES string of the molecule is COCCn1c(C)cc(C(=O)COC(=O)c2ccc3ccccc3c2)c1C. The topological polar surface area (TPSA) is 57.5 Å². The van der Waals surface area contributed by atoms with E-state index in [1.54, 1.807) is 19.2 Å². The van der Waals surface area contributed by atoms with Crippen molar-refractivity contribution in [3.05, 3.63) is 71.0 Å². The minimum atomic E-state index is -0.498. The second-order valence-corrected chi connectivity index (χ2v) is 6.49.